The summed E-state index contributed by atoms with van der Waals surface area (Å²) in [5.74, 6) is 0.760. The maximum atomic E-state index is 9.22. The van der Waals surface area contributed by atoms with Crippen LogP contribution in [-0.4, -0.2) is 14.5 Å². The highest BCUT2D eigenvalue weighted by molar-refractivity contribution is 5.85. The summed E-state index contributed by atoms with van der Waals surface area (Å²) < 4.78 is 1.56. The molecule has 0 saturated carbocycles. The smallest absolute Gasteiger partial charge is 0.218 e. The number of para-hydroxylation sites is 1. The molecule has 19 heavy (non-hydrogen) atoms. The highest BCUT2D eigenvalue weighted by Gasteiger charge is 2.09. The predicted molar refractivity (Wildman–Crippen MR) is 68.3 cm³/mol. The van der Waals surface area contributed by atoms with Crippen LogP contribution in [0.3, 0.4) is 0 Å². The fraction of sp³-hybridized carbons (Fsp3) is 0. The summed E-state index contributed by atoms with van der Waals surface area (Å²) in [7, 11) is 0. The van der Waals surface area contributed by atoms with E-state index in [4.69, 9.17) is 5.26 Å². The molecule has 5 heteroatoms. The summed E-state index contributed by atoms with van der Waals surface area (Å²) in [6.07, 6.45) is 3.18. The van der Waals surface area contributed by atoms with Gasteiger partial charge in [0.05, 0.1) is 17.1 Å². The number of nitriles is 2. The molecule has 2 aromatic heterocycles. The van der Waals surface area contributed by atoms with Crippen LogP contribution in [-0.2, 0) is 0 Å². The van der Waals surface area contributed by atoms with Crippen LogP contribution in [0.4, 0.5) is 0 Å². The molecular formula is C14H7N5. The molecule has 0 N–H and O–H groups in total. The molecule has 0 aliphatic carbocycles. The maximum Gasteiger partial charge on any atom is 0.218 e. The molecule has 0 bridgehead atoms. The summed E-state index contributed by atoms with van der Waals surface area (Å²) in [4.78, 5) is 8.38. The van der Waals surface area contributed by atoms with Gasteiger partial charge in [-0.2, -0.15) is 10.5 Å². The monoisotopic (exact) mass is 245 g/mol. The van der Waals surface area contributed by atoms with Gasteiger partial charge in [0.1, 0.15) is 11.9 Å². The Bertz CT molecular complexity index is 848. The Balaban J connectivity index is 2.33. The van der Waals surface area contributed by atoms with Crippen molar-refractivity contribution in [2.45, 2.75) is 0 Å². The van der Waals surface area contributed by atoms with Crippen LogP contribution in [0, 0.1) is 22.7 Å². The molecule has 1 aromatic carbocycles. The first kappa shape index (κ1) is 10.9. The van der Waals surface area contributed by atoms with Gasteiger partial charge in [0.25, 0.3) is 0 Å². The second kappa shape index (κ2) is 4.25. The van der Waals surface area contributed by atoms with E-state index in [9.17, 15) is 5.26 Å². The van der Waals surface area contributed by atoms with Gasteiger partial charge in [0.2, 0.25) is 5.82 Å². The quantitative estimate of drug-likeness (QED) is 0.658. The van der Waals surface area contributed by atoms with Crippen molar-refractivity contribution in [1.29, 1.82) is 10.5 Å². The third-order valence-electron chi connectivity index (χ3n) is 2.81. The molecule has 0 aliphatic rings. The van der Waals surface area contributed by atoms with Crippen molar-refractivity contribution in [3.8, 4) is 18.0 Å². The third-order valence-corrected chi connectivity index (χ3v) is 2.81. The Labute approximate surface area is 109 Å². The number of rotatable bonds is 1. The van der Waals surface area contributed by atoms with Crippen molar-refractivity contribution in [3.63, 3.8) is 0 Å². The average Bonchev–Trinajstić information content (AvgIpc) is 2.94. The fourth-order valence-electron chi connectivity index (χ4n) is 1.95. The van der Waals surface area contributed by atoms with Gasteiger partial charge < -0.3 is 0 Å². The second-order valence-corrected chi connectivity index (χ2v) is 3.89. The van der Waals surface area contributed by atoms with E-state index in [0.29, 0.717) is 16.9 Å². The van der Waals surface area contributed by atoms with Crippen LogP contribution in [0.5, 0.6) is 0 Å². The zero-order chi connectivity index (χ0) is 13.2. The van der Waals surface area contributed by atoms with Crippen molar-refractivity contribution >= 4 is 10.9 Å². The minimum absolute atomic E-state index is 0.242. The normalized spacial score (nSPS) is 10.0. The number of aromatic nitrogens is 3. The fourth-order valence-corrected chi connectivity index (χ4v) is 1.95. The Hall–Kier alpha value is -3.18. The van der Waals surface area contributed by atoms with Crippen molar-refractivity contribution < 1.29 is 0 Å². The zero-order valence-electron chi connectivity index (χ0n) is 9.78. The number of hydrogen-bond acceptors (Lipinski definition) is 4. The van der Waals surface area contributed by atoms with Gasteiger partial charge in [0.15, 0.2) is 0 Å². The summed E-state index contributed by atoms with van der Waals surface area (Å²) in [5, 5.41) is 19.0. The molecule has 0 saturated heterocycles. The number of hydrogen-bond donors (Lipinski definition) is 0. The van der Waals surface area contributed by atoms with Gasteiger partial charge in [-0.15, -0.1) is 0 Å². The lowest BCUT2D eigenvalue weighted by atomic mass is 10.1. The van der Waals surface area contributed by atoms with E-state index in [-0.39, 0.29) is 5.82 Å². The predicted octanol–water partition coefficient (Wildman–Crippen LogP) is 2.16. The molecule has 0 atom stereocenters. The second-order valence-electron chi connectivity index (χ2n) is 3.89. The SMILES string of the molecule is N#Cc1cc(-n2ccnc2C#N)nc2ccccc12. The lowest BCUT2D eigenvalue weighted by molar-refractivity contribution is 0.977. The van der Waals surface area contributed by atoms with Crippen LogP contribution >= 0.6 is 0 Å². The lowest BCUT2D eigenvalue weighted by Gasteiger charge is -2.06. The number of imidazole rings is 1. The summed E-state index contributed by atoms with van der Waals surface area (Å²) >= 11 is 0. The van der Waals surface area contributed by atoms with Crippen molar-refractivity contribution in [3.05, 3.63) is 54.1 Å². The summed E-state index contributed by atoms with van der Waals surface area (Å²) in [5.41, 5.74) is 1.24. The van der Waals surface area contributed by atoms with E-state index in [1.807, 2.05) is 30.3 Å². The van der Waals surface area contributed by atoms with Gasteiger partial charge in [0, 0.05) is 17.8 Å². The molecule has 0 aliphatic heterocycles. The molecule has 3 rings (SSSR count). The first-order valence-corrected chi connectivity index (χ1v) is 5.57. The largest absolute Gasteiger partial charge is 0.275 e. The molecule has 3 aromatic rings. The number of nitrogens with zero attached hydrogens (tertiary/aromatic N) is 5. The van der Waals surface area contributed by atoms with E-state index in [1.165, 1.54) is 6.20 Å². The van der Waals surface area contributed by atoms with Gasteiger partial charge in [-0.05, 0) is 12.1 Å². The van der Waals surface area contributed by atoms with Crippen LogP contribution in [0.25, 0.3) is 16.7 Å². The first-order chi connectivity index (χ1) is 9.33. The minimum Gasteiger partial charge on any atom is -0.275 e. The highest BCUT2D eigenvalue weighted by atomic mass is 15.1. The first-order valence-electron chi connectivity index (χ1n) is 5.57. The number of pyridine rings is 1. The molecule has 5 nitrogen and oxygen atoms in total. The topological polar surface area (TPSA) is 78.3 Å². The van der Waals surface area contributed by atoms with Crippen LogP contribution in [0.2, 0.25) is 0 Å². The molecular weight excluding hydrogens is 238 g/mol. The van der Waals surface area contributed by atoms with Crippen molar-refractivity contribution in [2.75, 3.05) is 0 Å². The summed E-state index contributed by atoms with van der Waals surface area (Å²) in [6.45, 7) is 0. The Morgan fingerprint density at radius 3 is 2.74 bits per heavy atom. The zero-order valence-corrected chi connectivity index (χ0v) is 9.78. The van der Waals surface area contributed by atoms with Gasteiger partial charge in [-0.25, -0.2) is 9.97 Å². The van der Waals surface area contributed by atoms with Crippen LogP contribution in [0.1, 0.15) is 11.4 Å². The summed E-state index contributed by atoms with van der Waals surface area (Å²) in [6, 6.07) is 13.2. The Morgan fingerprint density at radius 2 is 1.95 bits per heavy atom. The Kier molecular flexibility index (Phi) is 2.45. The van der Waals surface area contributed by atoms with Gasteiger partial charge in [-0.3, -0.25) is 4.57 Å². The lowest BCUT2D eigenvalue weighted by Crippen LogP contribution is -2.01. The Morgan fingerprint density at radius 1 is 1.11 bits per heavy atom. The molecule has 0 amide bonds. The van der Waals surface area contributed by atoms with E-state index in [0.717, 1.165) is 5.39 Å². The molecule has 0 spiro atoms. The molecule has 0 radical (unpaired) electrons. The van der Waals surface area contributed by atoms with E-state index >= 15 is 0 Å². The number of benzene rings is 1. The molecule has 0 unspecified atom stereocenters. The molecule has 88 valence electrons. The average molecular weight is 245 g/mol. The van der Waals surface area contributed by atoms with Gasteiger partial charge >= 0.3 is 0 Å². The van der Waals surface area contributed by atoms with E-state index in [2.05, 4.69) is 16.0 Å². The molecule has 2 heterocycles. The van der Waals surface area contributed by atoms with E-state index < -0.39 is 0 Å². The minimum atomic E-state index is 0.242. The highest BCUT2D eigenvalue weighted by Crippen LogP contribution is 2.20. The standard InChI is InChI=1S/C14H7N5/c15-8-10-7-13(19-6-5-17-14(19)9-16)18-12-4-2-1-3-11(10)12/h1-7H. The number of fused-ring (bicyclic) bond motifs is 1. The molecule has 0 fully saturated rings. The van der Waals surface area contributed by atoms with Crippen LogP contribution < -0.4 is 0 Å². The van der Waals surface area contributed by atoms with E-state index in [1.54, 1.807) is 16.8 Å². The van der Waals surface area contributed by atoms with Crippen molar-refractivity contribution in [2.24, 2.45) is 0 Å². The maximum absolute atomic E-state index is 9.22. The van der Waals surface area contributed by atoms with Crippen LogP contribution in [0.15, 0.2) is 42.7 Å². The third kappa shape index (κ3) is 1.70. The van der Waals surface area contributed by atoms with Gasteiger partial charge in [-0.1, -0.05) is 18.2 Å². The van der Waals surface area contributed by atoms with Crippen molar-refractivity contribution in [1.82, 2.24) is 14.5 Å².